The maximum atomic E-state index is 12.7. The van der Waals surface area contributed by atoms with Crippen LogP contribution in [0.1, 0.15) is 10.5 Å². The van der Waals surface area contributed by atoms with Gasteiger partial charge in [-0.3, -0.25) is 19.8 Å². The number of carbonyl (C=O) groups is 1. The number of nitro benzene ring substituents is 1. The molecular formula is C17H21N5O5S. The zero-order valence-electron chi connectivity index (χ0n) is 15.4. The van der Waals surface area contributed by atoms with Gasteiger partial charge in [-0.1, -0.05) is 6.07 Å². The standard InChI is InChI=1S/C17H21N5O5S/c1-28(26,27)12-11-19-7-9-20(10-8-19)17(23)16-5-6-21(18-16)14-3-2-4-15(13-14)22(24)25/h2-6,13H,7-12H2,1H3. The van der Waals surface area contributed by atoms with E-state index < -0.39 is 14.8 Å². The fraction of sp³-hybridized carbons (Fsp3) is 0.412. The summed E-state index contributed by atoms with van der Waals surface area (Å²) in [5.74, 6) is -0.110. The molecule has 0 atom stereocenters. The summed E-state index contributed by atoms with van der Waals surface area (Å²) in [6, 6.07) is 7.60. The fourth-order valence-corrected chi connectivity index (χ4v) is 3.55. The van der Waals surface area contributed by atoms with Gasteiger partial charge in [0.25, 0.3) is 11.6 Å². The molecule has 2 heterocycles. The van der Waals surface area contributed by atoms with Gasteiger partial charge in [-0.05, 0) is 12.1 Å². The maximum Gasteiger partial charge on any atom is 0.274 e. The minimum Gasteiger partial charge on any atom is -0.335 e. The summed E-state index contributed by atoms with van der Waals surface area (Å²) < 4.78 is 24.0. The molecule has 10 nitrogen and oxygen atoms in total. The summed E-state index contributed by atoms with van der Waals surface area (Å²) in [7, 11) is -3.01. The van der Waals surface area contributed by atoms with Gasteiger partial charge >= 0.3 is 0 Å². The zero-order chi connectivity index (χ0) is 20.3. The Bertz CT molecular complexity index is 979. The number of amides is 1. The highest BCUT2D eigenvalue weighted by molar-refractivity contribution is 7.90. The van der Waals surface area contributed by atoms with Crippen LogP contribution in [0.4, 0.5) is 5.69 Å². The number of rotatable bonds is 6. The number of sulfone groups is 1. The molecule has 0 radical (unpaired) electrons. The van der Waals surface area contributed by atoms with Gasteiger partial charge in [-0.15, -0.1) is 0 Å². The smallest absolute Gasteiger partial charge is 0.274 e. The zero-order valence-corrected chi connectivity index (χ0v) is 16.2. The first kappa shape index (κ1) is 20.0. The largest absolute Gasteiger partial charge is 0.335 e. The summed E-state index contributed by atoms with van der Waals surface area (Å²) in [6.07, 6.45) is 2.80. The van der Waals surface area contributed by atoms with Gasteiger partial charge in [-0.25, -0.2) is 13.1 Å². The fourth-order valence-electron chi connectivity index (χ4n) is 2.96. The Hall–Kier alpha value is -2.79. The third kappa shape index (κ3) is 4.93. The van der Waals surface area contributed by atoms with Gasteiger partial charge in [0.2, 0.25) is 0 Å². The number of non-ortho nitro benzene ring substituents is 1. The summed E-state index contributed by atoms with van der Waals surface area (Å²) >= 11 is 0. The number of nitrogens with zero attached hydrogens (tertiary/aromatic N) is 5. The average Bonchev–Trinajstić information content (AvgIpc) is 3.16. The summed E-state index contributed by atoms with van der Waals surface area (Å²) in [5.41, 5.74) is 0.709. The SMILES string of the molecule is CS(=O)(=O)CCN1CCN(C(=O)c2ccn(-c3cccc([N+](=O)[O-])c3)n2)CC1. The monoisotopic (exact) mass is 407 g/mol. The highest BCUT2D eigenvalue weighted by atomic mass is 32.2. The van der Waals surface area contributed by atoms with E-state index in [1.807, 2.05) is 4.90 Å². The number of aromatic nitrogens is 2. The van der Waals surface area contributed by atoms with Crippen molar-refractivity contribution >= 4 is 21.4 Å². The van der Waals surface area contributed by atoms with Crippen LogP contribution in [0.5, 0.6) is 0 Å². The number of carbonyl (C=O) groups excluding carboxylic acids is 1. The van der Waals surface area contributed by atoms with E-state index >= 15 is 0 Å². The lowest BCUT2D eigenvalue weighted by Crippen LogP contribution is -2.49. The first-order valence-electron chi connectivity index (χ1n) is 8.73. The van der Waals surface area contributed by atoms with Crippen molar-refractivity contribution in [1.29, 1.82) is 0 Å². The van der Waals surface area contributed by atoms with Gasteiger partial charge in [0.1, 0.15) is 9.84 Å². The highest BCUT2D eigenvalue weighted by Gasteiger charge is 2.24. The Morgan fingerprint density at radius 1 is 1.21 bits per heavy atom. The van der Waals surface area contributed by atoms with E-state index in [4.69, 9.17) is 0 Å². The van der Waals surface area contributed by atoms with Crippen molar-refractivity contribution in [1.82, 2.24) is 19.6 Å². The van der Waals surface area contributed by atoms with Crippen molar-refractivity contribution in [2.75, 3.05) is 44.7 Å². The van der Waals surface area contributed by atoms with E-state index in [2.05, 4.69) is 5.10 Å². The number of benzene rings is 1. The molecule has 1 aromatic carbocycles. The van der Waals surface area contributed by atoms with Crippen molar-refractivity contribution in [2.45, 2.75) is 0 Å². The van der Waals surface area contributed by atoms with E-state index in [0.717, 1.165) is 0 Å². The minimum absolute atomic E-state index is 0.0499. The molecule has 1 aliphatic heterocycles. The molecule has 0 bridgehead atoms. The molecule has 0 spiro atoms. The molecule has 1 aliphatic rings. The Labute approximate surface area is 162 Å². The van der Waals surface area contributed by atoms with Gasteiger partial charge in [0, 0.05) is 57.3 Å². The average molecular weight is 407 g/mol. The van der Waals surface area contributed by atoms with Crippen LogP contribution in [0.15, 0.2) is 36.5 Å². The molecule has 2 aromatic rings. The van der Waals surface area contributed by atoms with Gasteiger partial charge in [0.05, 0.1) is 16.4 Å². The van der Waals surface area contributed by atoms with E-state index in [-0.39, 0.29) is 23.0 Å². The molecule has 0 unspecified atom stereocenters. The quantitative estimate of drug-likeness (QED) is 0.508. The minimum atomic E-state index is -3.01. The number of nitro groups is 1. The first-order valence-corrected chi connectivity index (χ1v) is 10.8. The lowest BCUT2D eigenvalue weighted by atomic mass is 10.3. The van der Waals surface area contributed by atoms with E-state index in [9.17, 15) is 23.3 Å². The van der Waals surface area contributed by atoms with E-state index in [1.165, 1.54) is 23.1 Å². The molecular weight excluding hydrogens is 386 g/mol. The molecule has 0 N–H and O–H groups in total. The van der Waals surface area contributed by atoms with Crippen LogP contribution in [0.25, 0.3) is 5.69 Å². The Morgan fingerprint density at radius 3 is 2.57 bits per heavy atom. The molecule has 0 aliphatic carbocycles. The van der Waals surface area contributed by atoms with Crippen LogP contribution >= 0.6 is 0 Å². The van der Waals surface area contributed by atoms with Crippen molar-refractivity contribution in [2.24, 2.45) is 0 Å². The van der Waals surface area contributed by atoms with Crippen LogP contribution in [0, 0.1) is 10.1 Å². The van der Waals surface area contributed by atoms with Crippen LogP contribution < -0.4 is 0 Å². The molecule has 1 fully saturated rings. The molecule has 150 valence electrons. The van der Waals surface area contributed by atoms with Crippen molar-refractivity contribution < 1.29 is 18.1 Å². The Morgan fingerprint density at radius 2 is 1.93 bits per heavy atom. The molecule has 0 saturated carbocycles. The summed E-state index contributed by atoms with van der Waals surface area (Å²) in [4.78, 5) is 26.8. The van der Waals surface area contributed by atoms with Crippen LogP contribution in [-0.2, 0) is 9.84 Å². The van der Waals surface area contributed by atoms with Gasteiger partial charge in [-0.2, -0.15) is 5.10 Å². The summed E-state index contributed by atoms with van der Waals surface area (Å²) in [5, 5.41) is 15.2. The third-order valence-electron chi connectivity index (χ3n) is 4.55. The third-order valence-corrected chi connectivity index (χ3v) is 5.48. The second-order valence-corrected chi connectivity index (χ2v) is 8.95. The summed E-state index contributed by atoms with van der Waals surface area (Å²) in [6.45, 7) is 2.65. The second-order valence-electron chi connectivity index (χ2n) is 6.69. The number of piperazine rings is 1. The molecule has 28 heavy (non-hydrogen) atoms. The topological polar surface area (TPSA) is 119 Å². The van der Waals surface area contributed by atoms with Gasteiger partial charge in [0.15, 0.2) is 5.69 Å². The van der Waals surface area contributed by atoms with Crippen molar-refractivity contribution in [3.05, 3.63) is 52.3 Å². The number of hydrogen-bond acceptors (Lipinski definition) is 7. The Kier molecular flexibility index (Phi) is 5.75. The van der Waals surface area contributed by atoms with Crippen molar-refractivity contribution in [3.8, 4) is 5.69 Å². The van der Waals surface area contributed by atoms with Crippen LogP contribution in [-0.4, -0.2) is 83.6 Å². The predicted octanol–water partition coefficient (Wildman–Crippen LogP) is 0.583. The normalized spacial score (nSPS) is 15.5. The highest BCUT2D eigenvalue weighted by Crippen LogP contribution is 2.17. The van der Waals surface area contributed by atoms with E-state index in [1.54, 1.807) is 29.3 Å². The molecule has 1 saturated heterocycles. The number of hydrogen-bond donors (Lipinski definition) is 0. The second kappa shape index (κ2) is 8.07. The predicted molar refractivity (Wildman–Crippen MR) is 102 cm³/mol. The lowest BCUT2D eigenvalue weighted by Gasteiger charge is -2.34. The lowest BCUT2D eigenvalue weighted by molar-refractivity contribution is -0.384. The van der Waals surface area contributed by atoms with Gasteiger partial charge < -0.3 is 4.90 Å². The van der Waals surface area contributed by atoms with Crippen LogP contribution in [0.3, 0.4) is 0 Å². The van der Waals surface area contributed by atoms with Crippen molar-refractivity contribution in [3.63, 3.8) is 0 Å². The first-order chi connectivity index (χ1) is 13.2. The Balaban J connectivity index is 1.62. The molecule has 1 aromatic heterocycles. The molecule has 1 amide bonds. The van der Waals surface area contributed by atoms with Crippen LogP contribution in [0.2, 0.25) is 0 Å². The van der Waals surface area contributed by atoms with E-state index in [0.29, 0.717) is 38.4 Å². The molecule has 3 rings (SSSR count). The maximum absolute atomic E-state index is 12.7. The molecule has 11 heteroatoms.